The number of aliphatic imine (C=N–C) groups is 1. The fourth-order valence-corrected chi connectivity index (χ4v) is 2.55. The highest BCUT2D eigenvalue weighted by molar-refractivity contribution is 14.0. The van der Waals surface area contributed by atoms with Gasteiger partial charge in [0.15, 0.2) is 5.96 Å². The molecule has 1 rings (SSSR count). The summed E-state index contributed by atoms with van der Waals surface area (Å²) in [6, 6.07) is 0. The summed E-state index contributed by atoms with van der Waals surface area (Å²) in [5, 5.41) is 6.76. The van der Waals surface area contributed by atoms with Crippen molar-refractivity contribution in [1.82, 2.24) is 20.4 Å². The number of nitrogens with one attached hydrogen (secondary N) is 2. The maximum atomic E-state index is 5.36. The molecular weight excluding hydrogens is 405 g/mol. The van der Waals surface area contributed by atoms with E-state index < -0.39 is 0 Å². The van der Waals surface area contributed by atoms with Gasteiger partial charge in [-0.25, -0.2) is 0 Å². The van der Waals surface area contributed by atoms with Gasteiger partial charge in [0, 0.05) is 39.3 Å². The first-order valence-electron chi connectivity index (χ1n) is 8.84. The zero-order valence-corrected chi connectivity index (χ0v) is 17.5. The number of rotatable bonds is 10. The molecule has 0 radical (unpaired) electrons. The first kappa shape index (κ1) is 22.9. The Labute approximate surface area is 159 Å². The van der Waals surface area contributed by atoms with Crippen molar-refractivity contribution in [3.05, 3.63) is 0 Å². The number of hydrogen-bond acceptors (Lipinski definition) is 4. The number of ether oxygens (including phenoxy) is 1. The Kier molecular flexibility index (Phi) is 15.3. The summed E-state index contributed by atoms with van der Waals surface area (Å²) in [6.07, 6.45) is 1.21. The fraction of sp³-hybridized carbons (Fsp3) is 0.938. The second-order valence-corrected chi connectivity index (χ2v) is 5.58. The molecule has 1 aliphatic rings. The zero-order valence-electron chi connectivity index (χ0n) is 15.1. The quantitative estimate of drug-likeness (QED) is 0.304. The average Bonchev–Trinajstić information content (AvgIpc) is 2.55. The van der Waals surface area contributed by atoms with Crippen molar-refractivity contribution in [2.24, 2.45) is 4.99 Å². The van der Waals surface area contributed by atoms with Crippen molar-refractivity contribution < 1.29 is 4.74 Å². The van der Waals surface area contributed by atoms with Gasteiger partial charge in [-0.3, -0.25) is 9.89 Å². The van der Waals surface area contributed by atoms with Crippen LogP contribution in [0.4, 0.5) is 0 Å². The van der Waals surface area contributed by atoms with Gasteiger partial charge in [-0.2, -0.15) is 0 Å². The minimum absolute atomic E-state index is 0. The van der Waals surface area contributed by atoms with E-state index >= 15 is 0 Å². The maximum Gasteiger partial charge on any atom is 0.191 e. The number of guanidine groups is 1. The van der Waals surface area contributed by atoms with E-state index in [2.05, 4.69) is 46.2 Å². The Balaban J connectivity index is 0.00000484. The molecule has 0 aromatic heterocycles. The van der Waals surface area contributed by atoms with Crippen molar-refractivity contribution in [3.8, 4) is 0 Å². The van der Waals surface area contributed by atoms with E-state index in [0.717, 1.165) is 71.5 Å². The molecule has 0 amide bonds. The molecule has 6 nitrogen and oxygen atoms in total. The number of halogens is 1. The number of morpholine rings is 1. The molecule has 0 spiro atoms. The maximum absolute atomic E-state index is 5.36. The van der Waals surface area contributed by atoms with E-state index in [-0.39, 0.29) is 24.0 Å². The lowest BCUT2D eigenvalue weighted by atomic mass is 10.4. The summed E-state index contributed by atoms with van der Waals surface area (Å²) in [7, 11) is 0. The third-order valence-corrected chi connectivity index (χ3v) is 3.84. The minimum Gasteiger partial charge on any atom is -0.379 e. The van der Waals surface area contributed by atoms with Crippen LogP contribution < -0.4 is 10.6 Å². The molecule has 23 heavy (non-hydrogen) atoms. The lowest BCUT2D eigenvalue weighted by Gasteiger charge is -2.26. The zero-order chi connectivity index (χ0) is 16.0. The van der Waals surface area contributed by atoms with Crippen molar-refractivity contribution in [1.29, 1.82) is 0 Å². The fourth-order valence-electron chi connectivity index (χ4n) is 2.55. The molecular formula is C16H36IN5O. The second-order valence-electron chi connectivity index (χ2n) is 5.58. The highest BCUT2D eigenvalue weighted by atomic mass is 127. The summed E-state index contributed by atoms with van der Waals surface area (Å²) >= 11 is 0. The Morgan fingerprint density at radius 2 is 1.87 bits per heavy atom. The molecule has 0 bridgehead atoms. The Morgan fingerprint density at radius 3 is 2.48 bits per heavy atom. The molecule has 1 fully saturated rings. The Bertz CT molecular complexity index is 298. The van der Waals surface area contributed by atoms with E-state index in [0.29, 0.717) is 0 Å². The lowest BCUT2D eigenvalue weighted by Crippen LogP contribution is -2.42. The third kappa shape index (κ3) is 11.1. The molecule has 0 aromatic rings. The van der Waals surface area contributed by atoms with Gasteiger partial charge in [-0.1, -0.05) is 13.8 Å². The molecule has 0 aromatic carbocycles. The van der Waals surface area contributed by atoms with Crippen LogP contribution >= 0.6 is 24.0 Å². The van der Waals surface area contributed by atoms with Gasteiger partial charge >= 0.3 is 0 Å². The third-order valence-electron chi connectivity index (χ3n) is 3.84. The van der Waals surface area contributed by atoms with Gasteiger partial charge in [0.2, 0.25) is 0 Å². The van der Waals surface area contributed by atoms with Crippen LogP contribution in [0, 0.1) is 0 Å². The normalized spacial score (nSPS) is 16.3. The van der Waals surface area contributed by atoms with E-state index in [4.69, 9.17) is 4.74 Å². The molecule has 0 saturated carbocycles. The SMILES string of the molecule is CCCN(CC)CCNC(=NCCN1CCOCC1)NCC.I. The largest absolute Gasteiger partial charge is 0.379 e. The van der Waals surface area contributed by atoms with Crippen LogP contribution in [0.3, 0.4) is 0 Å². The number of nitrogens with zero attached hydrogens (tertiary/aromatic N) is 3. The lowest BCUT2D eigenvalue weighted by molar-refractivity contribution is 0.0394. The predicted molar refractivity (Wildman–Crippen MR) is 109 cm³/mol. The van der Waals surface area contributed by atoms with Gasteiger partial charge in [0.05, 0.1) is 19.8 Å². The van der Waals surface area contributed by atoms with E-state index in [1.807, 2.05) is 0 Å². The van der Waals surface area contributed by atoms with Crippen LogP contribution in [0.5, 0.6) is 0 Å². The minimum atomic E-state index is 0. The van der Waals surface area contributed by atoms with Crippen LogP contribution in [-0.4, -0.2) is 87.9 Å². The van der Waals surface area contributed by atoms with Gasteiger partial charge in [0.1, 0.15) is 0 Å². The Morgan fingerprint density at radius 1 is 1.13 bits per heavy atom. The van der Waals surface area contributed by atoms with E-state index in [9.17, 15) is 0 Å². The van der Waals surface area contributed by atoms with Gasteiger partial charge < -0.3 is 20.3 Å². The van der Waals surface area contributed by atoms with Crippen molar-refractivity contribution in [3.63, 3.8) is 0 Å². The van der Waals surface area contributed by atoms with Crippen LogP contribution in [0.25, 0.3) is 0 Å². The van der Waals surface area contributed by atoms with Crippen LogP contribution in [0.2, 0.25) is 0 Å². The average molecular weight is 441 g/mol. The molecule has 2 N–H and O–H groups in total. The van der Waals surface area contributed by atoms with Gasteiger partial charge in [-0.05, 0) is 26.4 Å². The number of hydrogen-bond donors (Lipinski definition) is 2. The summed E-state index contributed by atoms with van der Waals surface area (Å²) < 4.78 is 5.36. The van der Waals surface area contributed by atoms with E-state index in [1.165, 1.54) is 13.0 Å². The number of likely N-dealkylation sites (N-methyl/N-ethyl adjacent to an activating group) is 1. The van der Waals surface area contributed by atoms with Crippen LogP contribution in [-0.2, 0) is 4.74 Å². The smallest absolute Gasteiger partial charge is 0.191 e. The predicted octanol–water partition coefficient (Wildman–Crippen LogP) is 1.22. The van der Waals surface area contributed by atoms with Crippen molar-refractivity contribution in [2.45, 2.75) is 27.2 Å². The monoisotopic (exact) mass is 441 g/mol. The second kappa shape index (κ2) is 15.4. The summed E-state index contributed by atoms with van der Waals surface area (Å²) in [5.74, 6) is 0.934. The van der Waals surface area contributed by atoms with E-state index in [1.54, 1.807) is 0 Å². The Hall–Kier alpha value is -0.120. The van der Waals surface area contributed by atoms with Gasteiger partial charge in [0.25, 0.3) is 0 Å². The molecule has 7 heteroatoms. The standard InChI is InChI=1S/C16H35N5O.HI/c1-4-9-20(6-3)10-7-18-16(17-5-2)19-8-11-21-12-14-22-15-13-21;/h4-15H2,1-3H3,(H2,17,18,19);1H. The molecule has 1 saturated heterocycles. The molecule has 1 aliphatic heterocycles. The van der Waals surface area contributed by atoms with Gasteiger partial charge in [-0.15, -0.1) is 24.0 Å². The molecule has 0 aliphatic carbocycles. The first-order valence-corrected chi connectivity index (χ1v) is 8.84. The highest BCUT2D eigenvalue weighted by Crippen LogP contribution is 1.95. The first-order chi connectivity index (χ1) is 10.8. The van der Waals surface area contributed by atoms with Crippen LogP contribution in [0.1, 0.15) is 27.2 Å². The highest BCUT2D eigenvalue weighted by Gasteiger charge is 2.09. The summed E-state index contributed by atoms with van der Waals surface area (Å²) in [4.78, 5) is 9.55. The van der Waals surface area contributed by atoms with Crippen LogP contribution in [0.15, 0.2) is 4.99 Å². The summed E-state index contributed by atoms with van der Waals surface area (Å²) in [6.45, 7) is 17.4. The topological polar surface area (TPSA) is 52.1 Å². The van der Waals surface area contributed by atoms with Crippen molar-refractivity contribution >= 4 is 29.9 Å². The molecule has 0 unspecified atom stereocenters. The summed E-state index contributed by atoms with van der Waals surface area (Å²) in [5.41, 5.74) is 0. The molecule has 1 heterocycles. The molecule has 138 valence electrons. The van der Waals surface area contributed by atoms with Crippen molar-refractivity contribution in [2.75, 3.05) is 72.1 Å². The molecule has 0 atom stereocenters.